The molecule has 3 N–H and O–H groups in total. The van der Waals surface area contributed by atoms with E-state index in [0.717, 1.165) is 5.39 Å². The fraction of sp³-hybridized carbons (Fsp3) is 0.214. The van der Waals surface area contributed by atoms with Crippen LogP contribution in [-0.4, -0.2) is 27.8 Å². The normalized spacial score (nSPS) is 11.0. The SMILES string of the molecule is CCOC(=O)c1c(CSc2n[nH]c(N)n2)oc2ccccc12. The molecular formula is C14H14N4O3S. The first-order valence-electron chi connectivity index (χ1n) is 6.67. The van der Waals surface area contributed by atoms with E-state index in [0.29, 0.717) is 34.4 Å². The van der Waals surface area contributed by atoms with Crippen LogP contribution in [-0.2, 0) is 10.5 Å². The van der Waals surface area contributed by atoms with Crippen molar-refractivity contribution in [3.8, 4) is 0 Å². The van der Waals surface area contributed by atoms with Crippen molar-refractivity contribution >= 4 is 34.6 Å². The van der Waals surface area contributed by atoms with Crippen molar-refractivity contribution in [3.05, 3.63) is 35.6 Å². The summed E-state index contributed by atoms with van der Waals surface area (Å²) in [4.78, 5) is 16.2. The fourth-order valence-corrected chi connectivity index (χ4v) is 2.81. The molecule has 0 unspecified atom stereocenters. The van der Waals surface area contributed by atoms with E-state index in [1.54, 1.807) is 6.92 Å². The number of hydrogen-bond acceptors (Lipinski definition) is 7. The lowest BCUT2D eigenvalue weighted by Crippen LogP contribution is -2.06. The molecule has 7 nitrogen and oxygen atoms in total. The van der Waals surface area contributed by atoms with E-state index in [4.69, 9.17) is 14.9 Å². The highest BCUT2D eigenvalue weighted by Crippen LogP contribution is 2.30. The van der Waals surface area contributed by atoms with Crippen LogP contribution in [0.25, 0.3) is 11.0 Å². The van der Waals surface area contributed by atoms with Crippen LogP contribution in [0, 0.1) is 0 Å². The number of aromatic amines is 1. The third kappa shape index (κ3) is 2.77. The Bertz CT molecular complexity index is 811. The highest BCUT2D eigenvalue weighted by molar-refractivity contribution is 7.98. The van der Waals surface area contributed by atoms with E-state index in [-0.39, 0.29) is 5.95 Å². The zero-order valence-electron chi connectivity index (χ0n) is 11.8. The van der Waals surface area contributed by atoms with Gasteiger partial charge in [0.15, 0.2) is 0 Å². The Kier molecular flexibility index (Phi) is 4.01. The summed E-state index contributed by atoms with van der Waals surface area (Å²) < 4.78 is 10.9. The minimum Gasteiger partial charge on any atom is -0.462 e. The van der Waals surface area contributed by atoms with Crippen molar-refractivity contribution in [3.63, 3.8) is 0 Å². The lowest BCUT2D eigenvalue weighted by molar-refractivity contribution is 0.0526. The topological polar surface area (TPSA) is 107 Å². The first-order valence-corrected chi connectivity index (χ1v) is 7.65. The van der Waals surface area contributed by atoms with Gasteiger partial charge in [0.05, 0.1) is 12.4 Å². The number of furan rings is 1. The van der Waals surface area contributed by atoms with Gasteiger partial charge in [0.2, 0.25) is 11.1 Å². The van der Waals surface area contributed by atoms with Crippen LogP contribution >= 0.6 is 11.8 Å². The second-order valence-corrected chi connectivity index (χ2v) is 5.35. The molecule has 0 spiro atoms. The lowest BCUT2D eigenvalue weighted by atomic mass is 10.1. The summed E-state index contributed by atoms with van der Waals surface area (Å²) in [7, 11) is 0. The van der Waals surface area contributed by atoms with Crippen molar-refractivity contribution in [1.29, 1.82) is 0 Å². The number of thioether (sulfide) groups is 1. The second-order valence-electron chi connectivity index (χ2n) is 4.41. The van der Waals surface area contributed by atoms with E-state index in [2.05, 4.69) is 15.2 Å². The molecule has 0 saturated carbocycles. The lowest BCUT2D eigenvalue weighted by Gasteiger charge is -2.02. The summed E-state index contributed by atoms with van der Waals surface area (Å²) >= 11 is 1.32. The van der Waals surface area contributed by atoms with E-state index in [1.807, 2.05) is 24.3 Å². The number of anilines is 1. The van der Waals surface area contributed by atoms with E-state index < -0.39 is 5.97 Å². The quantitative estimate of drug-likeness (QED) is 0.550. The summed E-state index contributed by atoms with van der Waals surface area (Å²) in [6.07, 6.45) is 0. The van der Waals surface area contributed by atoms with Crippen molar-refractivity contribution in [2.24, 2.45) is 0 Å². The molecule has 8 heteroatoms. The van der Waals surface area contributed by atoms with Gasteiger partial charge in [-0.1, -0.05) is 30.0 Å². The molecule has 22 heavy (non-hydrogen) atoms. The molecule has 0 aliphatic carbocycles. The smallest absolute Gasteiger partial charge is 0.342 e. The third-order valence-electron chi connectivity index (χ3n) is 2.96. The maximum absolute atomic E-state index is 12.2. The minimum absolute atomic E-state index is 0.248. The summed E-state index contributed by atoms with van der Waals surface area (Å²) in [6, 6.07) is 7.36. The summed E-state index contributed by atoms with van der Waals surface area (Å²) in [5.41, 5.74) is 6.59. The highest BCUT2D eigenvalue weighted by atomic mass is 32.2. The Morgan fingerprint density at radius 1 is 1.45 bits per heavy atom. The predicted molar refractivity (Wildman–Crippen MR) is 82.5 cm³/mol. The van der Waals surface area contributed by atoms with Crippen LogP contribution < -0.4 is 5.73 Å². The van der Waals surface area contributed by atoms with Gasteiger partial charge in [-0.2, -0.15) is 4.98 Å². The monoisotopic (exact) mass is 318 g/mol. The van der Waals surface area contributed by atoms with E-state index in [1.165, 1.54) is 11.8 Å². The number of rotatable bonds is 5. The van der Waals surface area contributed by atoms with E-state index >= 15 is 0 Å². The Hall–Kier alpha value is -2.48. The molecule has 0 atom stereocenters. The largest absolute Gasteiger partial charge is 0.462 e. The van der Waals surface area contributed by atoms with Crippen LogP contribution in [0.1, 0.15) is 23.0 Å². The molecule has 2 aromatic heterocycles. The molecular weight excluding hydrogens is 304 g/mol. The number of nitrogen functional groups attached to an aromatic ring is 1. The van der Waals surface area contributed by atoms with Gasteiger partial charge >= 0.3 is 5.97 Å². The van der Waals surface area contributed by atoms with Gasteiger partial charge in [0.1, 0.15) is 16.9 Å². The minimum atomic E-state index is -0.391. The number of benzene rings is 1. The standard InChI is InChI=1S/C14H14N4O3S/c1-2-20-12(19)11-8-5-3-4-6-9(8)21-10(11)7-22-14-16-13(15)17-18-14/h3-6H,2,7H2,1H3,(H3,15,16,17,18). The number of nitrogens with one attached hydrogen (secondary N) is 1. The number of hydrogen-bond donors (Lipinski definition) is 2. The molecule has 3 aromatic rings. The molecule has 0 aliphatic rings. The molecule has 0 amide bonds. The van der Waals surface area contributed by atoms with Crippen LogP contribution in [0.3, 0.4) is 0 Å². The average molecular weight is 318 g/mol. The number of fused-ring (bicyclic) bond motifs is 1. The van der Waals surface area contributed by atoms with Crippen molar-refractivity contribution in [2.75, 3.05) is 12.3 Å². The van der Waals surface area contributed by atoms with Crippen LogP contribution in [0.15, 0.2) is 33.8 Å². The maximum Gasteiger partial charge on any atom is 0.342 e. The van der Waals surface area contributed by atoms with Crippen LogP contribution in [0.4, 0.5) is 5.95 Å². The molecule has 2 heterocycles. The number of carbonyl (C=O) groups is 1. The zero-order chi connectivity index (χ0) is 15.5. The zero-order valence-corrected chi connectivity index (χ0v) is 12.6. The fourth-order valence-electron chi connectivity index (χ4n) is 2.08. The molecule has 0 fully saturated rings. The van der Waals surface area contributed by atoms with Crippen molar-refractivity contribution in [2.45, 2.75) is 17.8 Å². The molecule has 3 rings (SSSR count). The Morgan fingerprint density at radius 2 is 2.27 bits per heavy atom. The number of aromatic nitrogens is 3. The summed E-state index contributed by atoms with van der Waals surface area (Å²) in [5, 5.41) is 7.74. The first kappa shape index (κ1) is 14.5. The van der Waals surface area contributed by atoms with Gasteiger partial charge in [-0.25, -0.2) is 9.89 Å². The molecule has 0 bridgehead atoms. The number of esters is 1. The highest BCUT2D eigenvalue weighted by Gasteiger charge is 2.22. The molecule has 114 valence electrons. The number of nitrogens with two attached hydrogens (primary N) is 1. The van der Waals surface area contributed by atoms with Crippen LogP contribution in [0.2, 0.25) is 0 Å². The second kappa shape index (κ2) is 6.10. The predicted octanol–water partition coefficient (Wildman–Crippen LogP) is 2.60. The van der Waals surface area contributed by atoms with Gasteiger partial charge in [0, 0.05) is 5.39 Å². The molecule has 0 saturated heterocycles. The van der Waals surface area contributed by atoms with Gasteiger partial charge in [-0.05, 0) is 13.0 Å². The molecule has 0 aliphatic heterocycles. The first-order chi connectivity index (χ1) is 10.7. The molecule has 0 radical (unpaired) electrons. The van der Waals surface area contributed by atoms with E-state index in [9.17, 15) is 4.79 Å². The van der Waals surface area contributed by atoms with Gasteiger partial charge in [-0.15, -0.1) is 5.10 Å². The summed E-state index contributed by atoms with van der Waals surface area (Å²) in [6.45, 7) is 2.08. The Morgan fingerprint density at radius 3 is 3.00 bits per heavy atom. The maximum atomic E-state index is 12.2. The number of carbonyl (C=O) groups excluding carboxylic acids is 1. The summed E-state index contributed by atoms with van der Waals surface area (Å²) in [5.74, 6) is 0.795. The van der Waals surface area contributed by atoms with Crippen molar-refractivity contribution < 1.29 is 13.9 Å². The number of nitrogens with zero attached hydrogens (tertiary/aromatic N) is 2. The van der Waals surface area contributed by atoms with Gasteiger partial charge in [0.25, 0.3) is 0 Å². The number of H-pyrrole nitrogens is 1. The van der Waals surface area contributed by atoms with Crippen LogP contribution in [0.5, 0.6) is 0 Å². The van der Waals surface area contributed by atoms with Gasteiger partial charge < -0.3 is 14.9 Å². The Labute approximate surface area is 130 Å². The van der Waals surface area contributed by atoms with Crippen molar-refractivity contribution in [1.82, 2.24) is 15.2 Å². The van der Waals surface area contributed by atoms with Gasteiger partial charge in [-0.3, -0.25) is 0 Å². The Balaban J connectivity index is 1.93. The average Bonchev–Trinajstić information content (AvgIpc) is 3.08. The number of para-hydroxylation sites is 1. The molecule has 1 aromatic carbocycles. The number of ether oxygens (including phenoxy) is 1. The third-order valence-corrected chi connectivity index (χ3v) is 3.81.